The molecule has 0 amide bonds. The zero-order valence-corrected chi connectivity index (χ0v) is 8.58. The molecular formula is C10H11NO5. The molecule has 1 atom stereocenters. The second kappa shape index (κ2) is 4.71. The molecule has 0 saturated heterocycles. The van der Waals surface area contributed by atoms with Gasteiger partial charge >= 0.3 is 5.97 Å². The molecule has 0 aromatic heterocycles. The first-order valence-corrected chi connectivity index (χ1v) is 4.60. The predicted octanol–water partition coefficient (Wildman–Crippen LogP) is 1.39. The van der Waals surface area contributed by atoms with E-state index >= 15 is 0 Å². The third-order valence-corrected chi connectivity index (χ3v) is 2.28. The molecule has 0 bridgehead atoms. The predicted molar refractivity (Wildman–Crippen MR) is 55.6 cm³/mol. The summed E-state index contributed by atoms with van der Waals surface area (Å²) < 4.78 is 0. The van der Waals surface area contributed by atoms with E-state index in [4.69, 9.17) is 10.2 Å². The van der Waals surface area contributed by atoms with Gasteiger partial charge in [-0.2, -0.15) is 0 Å². The average Bonchev–Trinajstić information content (AvgIpc) is 2.26. The number of nitro groups is 1. The molecule has 6 heteroatoms. The first-order valence-electron chi connectivity index (χ1n) is 4.60. The topological polar surface area (TPSA) is 101 Å². The third-order valence-electron chi connectivity index (χ3n) is 2.28. The maximum absolute atomic E-state index is 10.7. The van der Waals surface area contributed by atoms with Crippen LogP contribution >= 0.6 is 0 Å². The number of carbonyl (C=O) groups is 1. The van der Waals surface area contributed by atoms with E-state index in [1.165, 1.54) is 12.1 Å². The van der Waals surface area contributed by atoms with Crippen LogP contribution in [0.3, 0.4) is 0 Å². The summed E-state index contributed by atoms with van der Waals surface area (Å²) in [4.78, 5) is 20.8. The van der Waals surface area contributed by atoms with Crippen molar-refractivity contribution in [3.63, 3.8) is 0 Å². The van der Waals surface area contributed by atoms with Gasteiger partial charge in [0, 0.05) is 24.2 Å². The van der Waals surface area contributed by atoms with Crippen LogP contribution < -0.4 is 0 Å². The minimum absolute atomic E-state index is 0.138. The summed E-state index contributed by atoms with van der Waals surface area (Å²) in [5.74, 6) is -1.62. The first-order chi connectivity index (χ1) is 7.47. The maximum Gasteiger partial charge on any atom is 0.335 e. The molecule has 0 fully saturated rings. The van der Waals surface area contributed by atoms with Crippen LogP contribution in [-0.2, 0) is 0 Å². The van der Waals surface area contributed by atoms with E-state index in [2.05, 4.69) is 0 Å². The molecule has 6 nitrogen and oxygen atoms in total. The second-order valence-electron chi connectivity index (χ2n) is 3.42. The van der Waals surface area contributed by atoms with Gasteiger partial charge in [-0.3, -0.25) is 10.1 Å². The first kappa shape index (κ1) is 12.1. The maximum atomic E-state index is 10.7. The molecule has 1 aromatic carbocycles. The largest absolute Gasteiger partial charge is 0.478 e. The van der Waals surface area contributed by atoms with Crippen LogP contribution in [-0.4, -0.2) is 27.7 Å². The van der Waals surface area contributed by atoms with Crippen LogP contribution in [0, 0.1) is 10.1 Å². The fourth-order valence-electron chi connectivity index (χ4n) is 1.35. The zero-order chi connectivity index (χ0) is 12.3. The Labute approximate surface area is 91.3 Å². The van der Waals surface area contributed by atoms with Crippen LogP contribution in [0.4, 0.5) is 5.69 Å². The summed E-state index contributed by atoms with van der Waals surface area (Å²) in [5, 5.41) is 28.4. The van der Waals surface area contributed by atoms with Gasteiger partial charge in [-0.15, -0.1) is 0 Å². The fraction of sp³-hybridized carbons (Fsp3) is 0.300. The number of hydrogen-bond acceptors (Lipinski definition) is 4. The van der Waals surface area contributed by atoms with Gasteiger partial charge in [0.05, 0.1) is 10.5 Å². The fourth-order valence-corrected chi connectivity index (χ4v) is 1.35. The van der Waals surface area contributed by atoms with Crippen molar-refractivity contribution in [2.45, 2.75) is 12.8 Å². The Hall–Kier alpha value is -1.95. The molecule has 0 saturated carbocycles. The quantitative estimate of drug-likeness (QED) is 0.595. The smallest absolute Gasteiger partial charge is 0.335 e. The monoisotopic (exact) mass is 225 g/mol. The normalized spacial score (nSPS) is 12.1. The summed E-state index contributed by atoms with van der Waals surface area (Å²) in [7, 11) is 0. The lowest BCUT2D eigenvalue weighted by Gasteiger charge is -2.09. The summed E-state index contributed by atoms with van der Waals surface area (Å²) in [5.41, 5.74) is -0.0838. The molecular weight excluding hydrogens is 214 g/mol. The van der Waals surface area contributed by atoms with E-state index in [0.717, 1.165) is 6.07 Å². The third kappa shape index (κ3) is 2.34. The van der Waals surface area contributed by atoms with Crippen molar-refractivity contribution in [1.82, 2.24) is 0 Å². The number of benzene rings is 1. The number of aliphatic hydroxyl groups is 1. The average molecular weight is 225 g/mol. The van der Waals surface area contributed by atoms with Crippen molar-refractivity contribution in [3.05, 3.63) is 39.4 Å². The van der Waals surface area contributed by atoms with E-state index in [-0.39, 0.29) is 17.9 Å². The highest BCUT2D eigenvalue weighted by molar-refractivity contribution is 5.88. The summed E-state index contributed by atoms with van der Waals surface area (Å²) in [6.45, 7) is 1.40. The molecule has 86 valence electrons. The van der Waals surface area contributed by atoms with E-state index in [1.54, 1.807) is 6.92 Å². The molecule has 2 N–H and O–H groups in total. The van der Waals surface area contributed by atoms with Crippen molar-refractivity contribution in [2.24, 2.45) is 0 Å². The molecule has 0 radical (unpaired) electrons. The summed E-state index contributed by atoms with van der Waals surface area (Å²) in [6.07, 6.45) is 0. The molecule has 0 aliphatic carbocycles. The molecule has 0 aliphatic rings. The number of aliphatic hydroxyl groups excluding tert-OH is 1. The Morgan fingerprint density at radius 2 is 2.19 bits per heavy atom. The molecule has 1 aromatic rings. The number of aromatic carboxylic acids is 1. The van der Waals surface area contributed by atoms with Gasteiger partial charge in [0.1, 0.15) is 0 Å². The second-order valence-corrected chi connectivity index (χ2v) is 3.42. The highest BCUT2D eigenvalue weighted by atomic mass is 16.6. The Morgan fingerprint density at radius 3 is 2.62 bits per heavy atom. The molecule has 1 rings (SSSR count). The molecule has 0 heterocycles. The van der Waals surface area contributed by atoms with Crippen molar-refractivity contribution in [1.29, 1.82) is 0 Å². The van der Waals surface area contributed by atoms with Gasteiger partial charge in [-0.05, 0) is 6.07 Å². The SMILES string of the molecule is CC(CO)c1ccc(C(=O)O)cc1[N+](=O)[O-]. The van der Waals surface area contributed by atoms with Crippen molar-refractivity contribution >= 4 is 11.7 Å². The van der Waals surface area contributed by atoms with Crippen LogP contribution in [0.1, 0.15) is 28.8 Å². The van der Waals surface area contributed by atoms with Crippen molar-refractivity contribution < 1.29 is 19.9 Å². The molecule has 1 unspecified atom stereocenters. The lowest BCUT2D eigenvalue weighted by molar-refractivity contribution is -0.385. The lowest BCUT2D eigenvalue weighted by Crippen LogP contribution is -2.06. The van der Waals surface area contributed by atoms with E-state index < -0.39 is 16.8 Å². The summed E-state index contributed by atoms with van der Waals surface area (Å²) in [6, 6.07) is 3.66. The molecule has 0 spiro atoms. The van der Waals surface area contributed by atoms with Crippen LogP contribution in [0.25, 0.3) is 0 Å². The van der Waals surface area contributed by atoms with Gasteiger partial charge in [-0.25, -0.2) is 4.79 Å². The minimum Gasteiger partial charge on any atom is -0.478 e. The van der Waals surface area contributed by atoms with Crippen LogP contribution in [0.15, 0.2) is 18.2 Å². The Bertz CT molecular complexity index is 429. The number of rotatable bonds is 4. The Morgan fingerprint density at radius 1 is 1.56 bits per heavy atom. The molecule has 16 heavy (non-hydrogen) atoms. The number of nitrogens with zero attached hydrogens (tertiary/aromatic N) is 1. The van der Waals surface area contributed by atoms with Gasteiger partial charge in [0.2, 0.25) is 0 Å². The Kier molecular flexibility index (Phi) is 3.57. The van der Waals surface area contributed by atoms with Gasteiger partial charge < -0.3 is 10.2 Å². The highest BCUT2D eigenvalue weighted by Crippen LogP contribution is 2.27. The Balaban J connectivity index is 3.30. The number of carboxylic acid groups (broad SMARTS) is 1. The summed E-state index contributed by atoms with van der Waals surface area (Å²) >= 11 is 0. The number of hydrogen-bond donors (Lipinski definition) is 2. The van der Waals surface area contributed by atoms with Crippen LogP contribution in [0.2, 0.25) is 0 Å². The minimum atomic E-state index is -1.22. The zero-order valence-electron chi connectivity index (χ0n) is 8.58. The number of carboxylic acids is 1. The van der Waals surface area contributed by atoms with E-state index in [0.29, 0.717) is 5.56 Å². The number of nitro benzene ring substituents is 1. The molecule has 0 aliphatic heterocycles. The lowest BCUT2D eigenvalue weighted by atomic mass is 9.98. The highest BCUT2D eigenvalue weighted by Gasteiger charge is 2.20. The van der Waals surface area contributed by atoms with Gasteiger partial charge in [0.15, 0.2) is 0 Å². The van der Waals surface area contributed by atoms with E-state index in [9.17, 15) is 14.9 Å². The van der Waals surface area contributed by atoms with Gasteiger partial charge in [0.25, 0.3) is 5.69 Å². The van der Waals surface area contributed by atoms with Crippen molar-refractivity contribution in [3.8, 4) is 0 Å². The van der Waals surface area contributed by atoms with E-state index in [1.807, 2.05) is 0 Å². The van der Waals surface area contributed by atoms with Crippen LogP contribution in [0.5, 0.6) is 0 Å². The standard InChI is InChI=1S/C10H11NO5/c1-6(5-12)8-3-2-7(10(13)14)4-9(8)11(15)16/h2-4,6,12H,5H2,1H3,(H,13,14). The van der Waals surface area contributed by atoms with Crippen molar-refractivity contribution in [2.75, 3.05) is 6.61 Å². The van der Waals surface area contributed by atoms with Gasteiger partial charge in [-0.1, -0.05) is 13.0 Å².